The molecule has 6 nitrogen and oxygen atoms in total. The summed E-state index contributed by atoms with van der Waals surface area (Å²) in [6.07, 6.45) is 7.45. The highest BCUT2D eigenvalue weighted by molar-refractivity contribution is 5.79. The van der Waals surface area contributed by atoms with Crippen LogP contribution >= 0.6 is 0 Å². The van der Waals surface area contributed by atoms with Gasteiger partial charge in [-0.1, -0.05) is 18.2 Å². The number of oxazole rings is 1. The second kappa shape index (κ2) is 9.17. The van der Waals surface area contributed by atoms with E-state index < -0.39 is 0 Å². The van der Waals surface area contributed by atoms with Crippen molar-refractivity contribution in [2.24, 2.45) is 0 Å². The minimum absolute atomic E-state index is 0.0637. The number of likely N-dealkylation sites (N-methyl/N-ethyl adjacent to an activating group) is 1. The van der Waals surface area contributed by atoms with Crippen molar-refractivity contribution in [1.29, 1.82) is 0 Å². The molecule has 0 unspecified atom stereocenters. The summed E-state index contributed by atoms with van der Waals surface area (Å²) >= 11 is 0. The third-order valence-corrected chi connectivity index (χ3v) is 5.28. The van der Waals surface area contributed by atoms with E-state index in [0.717, 1.165) is 24.0 Å². The lowest BCUT2D eigenvalue weighted by Crippen LogP contribution is -2.38. The maximum absolute atomic E-state index is 13.4. The van der Waals surface area contributed by atoms with Crippen LogP contribution in [0.1, 0.15) is 41.7 Å². The van der Waals surface area contributed by atoms with E-state index >= 15 is 0 Å². The number of rotatable bonds is 7. The molecule has 156 valence electrons. The highest BCUT2D eigenvalue weighted by Crippen LogP contribution is 2.32. The molecule has 7 heteroatoms. The number of carbonyl (C=O) groups excluding carboxylic acids is 1. The molecule has 0 spiro atoms. The van der Waals surface area contributed by atoms with Crippen LogP contribution in [0.3, 0.4) is 0 Å². The molecule has 1 saturated heterocycles. The lowest BCUT2D eigenvalue weighted by molar-refractivity contribution is -0.133. The normalized spacial score (nSPS) is 16.4. The third-order valence-electron chi connectivity index (χ3n) is 5.28. The first kappa shape index (κ1) is 20.2. The first-order chi connectivity index (χ1) is 14.6. The number of nitrogens with zero attached hydrogens (tertiary/aromatic N) is 4. The van der Waals surface area contributed by atoms with Crippen molar-refractivity contribution in [2.45, 2.75) is 31.8 Å². The Morgan fingerprint density at radius 2 is 2.13 bits per heavy atom. The molecule has 0 saturated carbocycles. The van der Waals surface area contributed by atoms with Crippen LogP contribution in [0.5, 0.6) is 0 Å². The average molecular weight is 408 g/mol. The van der Waals surface area contributed by atoms with Crippen LogP contribution in [0.4, 0.5) is 4.39 Å². The molecule has 3 aromatic rings. The molecule has 4 rings (SSSR count). The summed E-state index contributed by atoms with van der Waals surface area (Å²) in [7, 11) is 1.93. The molecule has 1 atom stereocenters. The number of benzene rings is 1. The highest BCUT2D eigenvalue weighted by Gasteiger charge is 2.33. The Bertz CT molecular complexity index is 992. The zero-order chi connectivity index (χ0) is 20.9. The number of pyridine rings is 1. The molecule has 3 heterocycles. The van der Waals surface area contributed by atoms with Crippen LogP contribution in [-0.2, 0) is 17.8 Å². The van der Waals surface area contributed by atoms with E-state index in [4.69, 9.17) is 4.42 Å². The molecule has 1 aromatic carbocycles. The van der Waals surface area contributed by atoms with E-state index in [1.165, 1.54) is 12.1 Å². The largest absolute Gasteiger partial charge is 0.443 e. The van der Waals surface area contributed by atoms with Gasteiger partial charge in [0.05, 0.1) is 12.7 Å². The lowest BCUT2D eigenvalue weighted by Gasteiger charge is -2.25. The standard InChI is InChI=1S/C23H25FN4O2/c1-27(15-18-6-3-9-25-13-18)16-22(29)28-10-4-8-21(28)23-26-14-20(30-23)12-17-5-2-7-19(24)11-17/h2-3,5-7,9,11,13-14,21H,4,8,10,12,15-16H2,1H3/t21-/m0/s1. The molecule has 2 aromatic heterocycles. The van der Waals surface area contributed by atoms with Crippen molar-refractivity contribution in [3.8, 4) is 0 Å². The molecule has 0 bridgehead atoms. The van der Waals surface area contributed by atoms with Gasteiger partial charge in [-0.2, -0.15) is 0 Å². The summed E-state index contributed by atoms with van der Waals surface area (Å²) in [5, 5.41) is 0. The highest BCUT2D eigenvalue weighted by atomic mass is 19.1. The van der Waals surface area contributed by atoms with Crippen molar-refractivity contribution < 1.29 is 13.6 Å². The summed E-state index contributed by atoms with van der Waals surface area (Å²) in [6.45, 7) is 1.68. The molecule has 1 aliphatic rings. The van der Waals surface area contributed by atoms with Crippen LogP contribution in [0.15, 0.2) is 59.4 Å². The molecule has 1 fully saturated rings. The fourth-order valence-corrected chi connectivity index (χ4v) is 3.91. The summed E-state index contributed by atoms with van der Waals surface area (Å²) in [6, 6.07) is 10.2. The summed E-state index contributed by atoms with van der Waals surface area (Å²) in [5.74, 6) is 1.02. The Morgan fingerprint density at radius 1 is 1.27 bits per heavy atom. The van der Waals surface area contributed by atoms with Crippen LogP contribution in [0.25, 0.3) is 0 Å². The predicted molar refractivity (Wildman–Crippen MR) is 110 cm³/mol. The minimum atomic E-state index is -0.268. The maximum atomic E-state index is 13.4. The van der Waals surface area contributed by atoms with Crippen molar-refractivity contribution >= 4 is 5.91 Å². The summed E-state index contributed by atoms with van der Waals surface area (Å²) in [5.41, 5.74) is 1.90. The third kappa shape index (κ3) is 4.91. The van der Waals surface area contributed by atoms with Gasteiger partial charge < -0.3 is 9.32 Å². The average Bonchev–Trinajstić information content (AvgIpc) is 3.38. The van der Waals surface area contributed by atoms with Crippen molar-refractivity contribution in [2.75, 3.05) is 20.1 Å². The van der Waals surface area contributed by atoms with Gasteiger partial charge in [-0.05, 0) is 49.2 Å². The Morgan fingerprint density at radius 3 is 2.93 bits per heavy atom. The van der Waals surface area contributed by atoms with Crippen molar-refractivity contribution in [1.82, 2.24) is 19.8 Å². The van der Waals surface area contributed by atoms with E-state index in [0.29, 0.717) is 37.7 Å². The number of carbonyl (C=O) groups is 1. The predicted octanol–water partition coefficient (Wildman–Crippen LogP) is 3.60. The van der Waals surface area contributed by atoms with Crippen molar-refractivity contribution in [3.63, 3.8) is 0 Å². The van der Waals surface area contributed by atoms with Crippen molar-refractivity contribution in [3.05, 3.63) is 83.6 Å². The Labute approximate surface area is 175 Å². The molecular weight excluding hydrogens is 383 g/mol. The first-order valence-corrected chi connectivity index (χ1v) is 10.1. The summed E-state index contributed by atoms with van der Waals surface area (Å²) < 4.78 is 19.3. The molecular formula is C23H25FN4O2. The smallest absolute Gasteiger partial charge is 0.237 e. The van der Waals surface area contributed by atoms with Crippen LogP contribution in [-0.4, -0.2) is 45.8 Å². The van der Waals surface area contributed by atoms with Gasteiger partial charge in [0.1, 0.15) is 17.6 Å². The number of likely N-dealkylation sites (tertiary alicyclic amines) is 1. The van der Waals surface area contributed by atoms with E-state index in [9.17, 15) is 9.18 Å². The monoisotopic (exact) mass is 408 g/mol. The second-order valence-corrected chi connectivity index (χ2v) is 7.75. The van der Waals surface area contributed by atoms with E-state index in [-0.39, 0.29) is 17.8 Å². The van der Waals surface area contributed by atoms with Gasteiger partial charge in [0.25, 0.3) is 0 Å². The lowest BCUT2D eigenvalue weighted by atomic mass is 10.1. The van der Waals surface area contributed by atoms with Gasteiger partial charge in [-0.15, -0.1) is 0 Å². The van der Waals surface area contributed by atoms with Gasteiger partial charge in [0.2, 0.25) is 11.8 Å². The van der Waals surface area contributed by atoms with Gasteiger partial charge >= 0.3 is 0 Å². The molecule has 30 heavy (non-hydrogen) atoms. The van der Waals surface area contributed by atoms with Crippen LogP contribution in [0.2, 0.25) is 0 Å². The maximum Gasteiger partial charge on any atom is 0.237 e. The number of amides is 1. The fourth-order valence-electron chi connectivity index (χ4n) is 3.91. The Balaban J connectivity index is 1.38. The zero-order valence-electron chi connectivity index (χ0n) is 17.0. The fraction of sp³-hybridized carbons (Fsp3) is 0.348. The first-order valence-electron chi connectivity index (χ1n) is 10.1. The van der Waals surface area contributed by atoms with Gasteiger partial charge in [0.15, 0.2) is 0 Å². The molecule has 0 N–H and O–H groups in total. The Kier molecular flexibility index (Phi) is 6.18. The zero-order valence-corrected chi connectivity index (χ0v) is 17.0. The number of hydrogen-bond donors (Lipinski definition) is 0. The van der Waals surface area contributed by atoms with Gasteiger partial charge in [0, 0.05) is 31.9 Å². The Hall–Kier alpha value is -3.06. The van der Waals surface area contributed by atoms with E-state index in [1.807, 2.05) is 41.2 Å². The van der Waals surface area contributed by atoms with Gasteiger partial charge in [-0.3, -0.25) is 14.7 Å². The number of aromatic nitrogens is 2. The molecule has 1 aliphatic heterocycles. The molecule has 0 radical (unpaired) electrons. The van der Waals surface area contributed by atoms with Gasteiger partial charge in [-0.25, -0.2) is 9.37 Å². The minimum Gasteiger partial charge on any atom is -0.443 e. The number of halogens is 1. The quantitative estimate of drug-likeness (QED) is 0.598. The SMILES string of the molecule is CN(CC(=O)N1CCC[C@H]1c1ncc(Cc2cccc(F)c2)o1)Cc1cccnc1. The van der Waals surface area contributed by atoms with E-state index in [2.05, 4.69) is 9.97 Å². The second-order valence-electron chi connectivity index (χ2n) is 7.75. The van der Waals surface area contributed by atoms with Crippen LogP contribution in [0, 0.1) is 5.82 Å². The van der Waals surface area contributed by atoms with Crippen LogP contribution < -0.4 is 0 Å². The molecule has 1 amide bonds. The van der Waals surface area contributed by atoms with E-state index in [1.54, 1.807) is 18.5 Å². The topological polar surface area (TPSA) is 62.5 Å². The number of hydrogen-bond acceptors (Lipinski definition) is 5. The molecule has 0 aliphatic carbocycles. The summed E-state index contributed by atoms with van der Waals surface area (Å²) in [4.78, 5) is 25.3.